The van der Waals surface area contributed by atoms with Crippen LogP contribution in [0.15, 0.2) is 54.6 Å². The Morgan fingerprint density at radius 2 is 1.57 bits per heavy atom. The van der Waals surface area contributed by atoms with E-state index in [1.807, 2.05) is 31.2 Å². The fourth-order valence-corrected chi connectivity index (χ4v) is 2.86. The summed E-state index contributed by atoms with van der Waals surface area (Å²) in [7, 11) is 0. The largest absolute Gasteiger partial charge is 0.446 e. The van der Waals surface area contributed by atoms with Gasteiger partial charge in [-0.1, -0.05) is 48.5 Å². The maximum absolute atomic E-state index is 10.9. The SMILES string of the molecule is CC(Cc1c2ccccc2cc2ccccc12)OC(N)=O. The molecule has 106 valence electrons. The Balaban J connectivity index is 2.18. The third kappa shape index (κ3) is 2.68. The molecule has 3 rings (SSSR count). The molecule has 0 aliphatic heterocycles. The highest BCUT2D eigenvalue weighted by Gasteiger charge is 2.13. The van der Waals surface area contributed by atoms with Gasteiger partial charge in [-0.2, -0.15) is 0 Å². The first-order valence-electron chi connectivity index (χ1n) is 7.00. The Morgan fingerprint density at radius 1 is 1.05 bits per heavy atom. The molecule has 0 spiro atoms. The van der Waals surface area contributed by atoms with Gasteiger partial charge in [0.05, 0.1) is 0 Å². The summed E-state index contributed by atoms with van der Waals surface area (Å²) in [5, 5.41) is 4.77. The minimum atomic E-state index is -0.730. The van der Waals surface area contributed by atoms with Crippen LogP contribution in [-0.2, 0) is 11.2 Å². The Morgan fingerprint density at radius 3 is 2.10 bits per heavy atom. The van der Waals surface area contributed by atoms with Crippen molar-refractivity contribution in [1.29, 1.82) is 0 Å². The fourth-order valence-electron chi connectivity index (χ4n) is 2.86. The molecule has 3 nitrogen and oxygen atoms in total. The monoisotopic (exact) mass is 279 g/mol. The first kappa shape index (κ1) is 13.4. The zero-order valence-electron chi connectivity index (χ0n) is 11.9. The van der Waals surface area contributed by atoms with Crippen molar-refractivity contribution in [2.75, 3.05) is 0 Å². The van der Waals surface area contributed by atoms with E-state index in [0.717, 1.165) is 0 Å². The first-order valence-corrected chi connectivity index (χ1v) is 7.00. The molecular weight excluding hydrogens is 262 g/mol. The molecule has 0 fully saturated rings. The standard InChI is InChI=1S/C18H17NO2/c1-12(21-18(19)20)10-17-15-8-4-2-6-13(15)11-14-7-3-5-9-16(14)17/h2-9,11-12H,10H2,1H3,(H2,19,20). The van der Waals surface area contributed by atoms with Gasteiger partial charge in [-0.05, 0) is 40.1 Å². The molecule has 0 bridgehead atoms. The molecule has 1 amide bonds. The summed E-state index contributed by atoms with van der Waals surface area (Å²) in [6.45, 7) is 1.86. The third-order valence-corrected chi connectivity index (χ3v) is 3.69. The number of carbonyl (C=O) groups is 1. The number of primary amides is 1. The van der Waals surface area contributed by atoms with E-state index >= 15 is 0 Å². The van der Waals surface area contributed by atoms with E-state index in [-0.39, 0.29) is 6.10 Å². The maximum atomic E-state index is 10.9. The van der Waals surface area contributed by atoms with E-state index in [9.17, 15) is 4.79 Å². The summed E-state index contributed by atoms with van der Waals surface area (Å²) in [6, 6.07) is 18.7. The van der Waals surface area contributed by atoms with E-state index in [0.29, 0.717) is 6.42 Å². The summed E-state index contributed by atoms with van der Waals surface area (Å²) < 4.78 is 5.09. The predicted molar refractivity (Wildman–Crippen MR) is 85.3 cm³/mol. The van der Waals surface area contributed by atoms with Gasteiger partial charge in [0.1, 0.15) is 6.10 Å². The van der Waals surface area contributed by atoms with E-state index < -0.39 is 6.09 Å². The van der Waals surface area contributed by atoms with Crippen LogP contribution >= 0.6 is 0 Å². The van der Waals surface area contributed by atoms with Crippen LogP contribution in [0.2, 0.25) is 0 Å². The number of fused-ring (bicyclic) bond motifs is 2. The molecule has 0 radical (unpaired) electrons. The predicted octanol–water partition coefficient (Wildman–Crippen LogP) is 4.02. The van der Waals surface area contributed by atoms with Crippen molar-refractivity contribution >= 4 is 27.6 Å². The van der Waals surface area contributed by atoms with Crippen molar-refractivity contribution < 1.29 is 9.53 Å². The lowest BCUT2D eigenvalue weighted by molar-refractivity contribution is 0.116. The van der Waals surface area contributed by atoms with Crippen LogP contribution in [0.1, 0.15) is 12.5 Å². The molecule has 1 atom stereocenters. The molecule has 0 heterocycles. The number of hydrogen-bond acceptors (Lipinski definition) is 2. The number of benzene rings is 3. The van der Waals surface area contributed by atoms with Gasteiger partial charge in [-0.25, -0.2) is 4.79 Å². The Hall–Kier alpha value is -2.55. The van der Waals surface area contributed by atoms with Crippen molar-refractivity contribution in [3.8, 4) is 0 Å². The van der Waals surface area contributed by atoms with Crippen LogP contribution in [0, 0.1) is 0 Å². The smallest absolute Gasteiger partial charge is 0.404 e. The van der Waals surface area contributed by atoms with Crippen molar-refractivity contribution in [3.63, 3.8) is 0 Å². The zero-order valence-corrected chi connectivity index (χ0v) is 11.9. The molecule has 3 aromatic rings. The van der Waals surface area contributed by atoms with Crippen LogP contribution in [-0.4, -0.2) is 12.2 Å². The minimum absolute atomic E-state index is 0.253. The van der Waals surface area contributed by atoms with E-state index in [4.69, 9.17) is 10.5 Å². The normalized spacial score (nSPS) is 12.4. The molecule has 21 heavy (non-hydrogen) atoms. The second kappa shape index (κ2) is 5.44. The summed E-state index contributed by atoms with van der Waals surface area (Å²) >= 11 is 0. The second-order valence-corrected chi connectivity index (χ2v) is 5.25. The molecule has 3 aromatic carbocycles. The van der Waals surface area contributed by atoms with E-state index in [2.05, 4.69) is 30.3 Å². The molecule has 0 saturated carbocycles. The van der Waals surface area contributed by atoms with Crippen LogP contribution in [0.3, 0.4) is 0 Å². The van der Waals surface area contributed by atoms with Gasteiger partial charge >= 0.3 is 6.09 Å². The highest BCUT2D eigenvalue weighted by molar-refractivity contribution is 6.02. The molecule has 2 N–H and O–H groups in total. The van der Waals surface area contributed by atoms with Crippen molar-refractivity contribution in [2.24, 2.45) is 5.73 Å². The highest BCUT2D eigenvalue weighted by Crippen LogP contribution is 2.29. The van der Waals surface area contributed by atoms with Crippen molar-refractivity contribution in [2.45, 2.75) is 19.4 Å². The average molecular weight is 279 g/mol. The lowest BCUT2D eigenvalue weighted by Crippen LogP contribution is -2.22. The van der Waals surface area contributed by atoms with Crippen molar-refractivity contribution in [1.82, 2.24) is 0 Å². The molecule has 0 saturated heterocycles. The van der Waals surface area contributed by atoms with Crippen molar-refractivity contribution in [3.05, 3.63) is 60.2 Å². The summed E-state index contributed by atoms with van der Waals surface area (Å²) in [6.07, 6.45) is -0.339. The topological polar surface area (TPSA) is 52.3 Å². The number of carbonyl (C=O) groups excluding carboxylic acids is 1. The van der Waals surface area contributed by atoms with Gasteiger partial charge in [0.15, 0.2) is 0 Å². The lowest BCUT2D eigenvalue weighted by Gasteiger charge is -2.16. The van der Waals surface area contributed by atoms with Gasteiger partial charge in [-0.3, -0.25) is 0 Å². The van der Waals surface area contributed by atoms with Crippen LogP contribution < -0.4 is 5.73 Å². The van der Waals surface area contributed by atoms with Gasteiger partial charge in [0, 0.05) is 6.42 Å². The van der Waals surface area contributed by atoms with E-state index in [1.165, 1.54) is 27.1 Å². The summed E-state index contributed by atoms with van der Waals surface area (Å²) in [5.41, 5.74) is 6.30. The number of amides is 1. The summed E-state index contributed by atoms with van der Waals surface area (Å²) in [4.78, 5) is 10.9. The van der Waals surface area contributed by atoms with Gasteiger partial charge < -0.3 is 10.5 Å². The van der Waals surface area contributed by atoms with Gasteiger partial charge in [0.2, 0.25) is 0 Å². The van der Waals surface area contributed by atoms with Crippen LogP contribution in [0.25, 0.3) is 21.5 Å². The number of ether oxygens (including phenoxy) is 1. The average Bonchev–Trinajstić information content (AvgIpc) is 2.46. The first-order chi connectivity index (χ1) is 10.1. The Bertz CT molecular complexity index is 757. The number of nitrogens with two attached hydrogens (primary N) is 1. The summed E-state index contributed by atoms with van der Waals surface area (Å²) in [5.74, 6) is 0. The molecule has 0 aliphatic carbocycles. The molecular formula is C18H17NO2. The molecule has 3 heteroatoms. The number of hydrogen-bond donors (Lipinski definition) is 1. The molecule has 0 aromatic heterocycles. The quantitative estimate of drug-likeness (QED) is 0.736. The van der Waals surface area contributed by atoms with Gasteiger partial charge in [0.25, 0.3) is 0 Å². The third-order valence-electron chi connectivity index (χ3n) is 3.69. The Labute approximate surface area is 123 Å². The Kier molecular flexibility index (Phi) is 3.48. The highest BCUT2D eigenvalue weighted by atomic mass is 16.6. The molecule has 0 aliphatic rings. The second-order valence-electron chi connectivity index (χ2n) is 5.25. The number of rotatable bonds is 3. The van der Waals surface area contributed by atoms with Crippen LogP contribution in [0.5, 0.6) is 0 Å². The fraction of sp³-hybridized carbons (Fsp3) is 0.167. The minimum Gasteiger partial charge on any atom is -0.446 e. The van der Waals surface area contributed by atoms with Crippen LogP contribution in [0.4, 0.5) is 4.79 Å². The zero-order chi connectivity index (χ0) is 14.8. The van der Waals surface area contributed by atoms with Gasteiger partial charge in [-0.15, -0.1) is 0 Å². The maximum Gasteiger partial charge on any atom is 0.404 e. The van der Waals surface area contributed by atoms with E-state index in [1.54, 1.807) is 0 Å². The lowest BCUT2D eigenvalue weighted by atomic mass is 9.93. The molecule has 1 unspecified atom stereocenters.